The number of aryl methyl sites for hydroxylation is 2. The van der Waals surface area contributed by atoms with Crippen molar-refractivity contribution in [2.45, 2.75) is 64.3 Å². The third-order valence-corrected chi connectivity index (χ3v) is 9.14. The first-order valence-corrected chi connectivity index (χ1v) is 15.7. The Balaban J connectivity index is 1.43. The van der Waals surface area contributed by atoms with Crippen molar-refractivity contribution in [1.29, 1.82) is 0 Å². The highest BCUT2D eigenvalue weighted by molar-refractivity contribution is 5.95. The van der Waals surface area contributed by atoms with Crippen molar-refractivity contribution in [3.63, 3.8) is 0 Å². The fourth-order valence-corrected chi connectivity index (χ4v) is 6.81. The molecule has 5 rings (SSSR count). The summed E-state index contributed by atoms with van der Waals surface area (Å²) in [4.78, 5) is 30.8. The van der Waals surface area contributed by atoms with E-state index in [2.05, 4.69) is 17.9 Å². The maximum Gasteiger partial charge on any atom is 0.308 e. The van der Waals surface area contributed by atoms with Gasteiger partial charge in [0.1, 0.15) is 17.3 Å². The lowest BCUT2D eigenvalue weighted by molar-refractivity contribution is -0.143. The fourth-order valence-electron chi connectivity index (χ4n) is 6.81. The van der Waals surface area contributed by atoms with Crippen molar-refractivity contribution < 1.29 is 28.6 Å². The molecule has 3 aromatic carbocycles. The first-order chi connectivity index (χ1) is 21.3. The number of para-hydroxylation sites is 1. The number of rotatable bonds is 13. The zero-order valence-electron chi connectivity index (χ0n) is 25.9. The summed E-state index contributed by atoms with van der Waals surface area (Å²) >= 11 is 0. The van der Waals surface area contributed by atoms with E-state index in [1.54, 1.807) is 31.1 Å². The van der Waals surface area contributed by atoms with Gasteiger partial charge in [0, 0.05) is 37.2 Å². The minimum absolute atomic E-state index is 0.0911. The molecule has 44 heavy (non-hydrogen) atoms. The van der Waals surface area contributed by atoms with Crippen molar-refractivity contribution in [1.82, 2.24) is 4.90 Å². The highest BCUT2D eigenvalue weighted by Gasteiger charge is 2.47. The predicted octanol–water partition coefficient (Wildman–Crippen LogP) is 6.40. The SMILES string of the molecule is CCCCN(C(=O)CN1C[C@H](c2ccc3c(c2)CCO3)[C@@H](C(=O)O)[C@@H]1CCCc1ccccc1OC)c1ccc(F)c(C)c1. The number of halogens is 1. The van der Waals surface area contributed by atoms with Gasteiger partial charge in [-0.15, -0.1) is 0 Å². The quantitative estimate of drug-likeness (QED) is 0.244. The molecule has 2 heterocycles. The van der Waals surface area contributed by atoms with E-state index in [1.165, 1.54) is 6.07 Å². The van der Waals surface area contributed by atoms with Crippen LogP contribution in [0.2, 0.25) is 0 Å². The molecule has 1 N–H and O–H groups in total. The van der Waals surface area contributed by atoms with Crippen LogP contribution < -0.4 is 14.4 Å². The first kappa shape index (κ1) is 31.5. The maximum absolute atomic E-state index is 14.1. The number of methoxy groups -OCH3 is 1. The second-order valence-electron chi connectivity index (χ2n) is 12.0. The first-order valence-electron chi connectivity index (χ1n) is 15.7. The average Bonchev–Trinajstić information content (AvgIpc) is 3.63. The topological polar surface area (TPSA) is 79.3 Å². The number of carboxylic acid groups (broad SMARTS) is 1. The van der Waals surface area contributed by atoms with Gasteiger partial charge in [0.25, 0.3) is 0 Å². The predicted molar refractivity (Wildman–Crippen MR) is 169 cm³/mol. The largest absolute Gasteiger partial charge is 0.496 e. The molecule has 8 heteroatoms. The molecule has 0 saturated carbocycles. The molecule has 2 aliphatic rings. The number of anilines is 1. The number of carboxylic acids is 1. The van der Waals surface area contributed by atoms with E-state index in [9.17, 15) is 19.1 Å². The van der Waals surface area contributed by atoms with Gasteiger partial charge in [0.15, 0.2) is 0 Å². The van der Waals surface area contributed by atoms with Crippen molar-refractivity contribution >= 4 is 17.6 Å². The van der Waals surface area contributed by atoms with Crippen molar-refractivity contribution in [3.8, 4) is 11.5 Å². The Morgan fingerprint density at radius 1 is 1.11 bits per heavy atom. The molecule has 3 atom stereocenters. The van der Waals surface area contributed by atoms with Gasteiger partial charge in [0.2, 0.25) is 5.91 Å². The van der Waals surface area contributed by atoms with Gasteiger partial charge >= 0.3 is 5.97 Å². The van der Waals surface area contributed by atoms with E-state index in [1.807, 2.05) is 36.4 Å². The van der Waals surface area contributed by atoms with Gasteiger partial charge in [-0.25, -0.2) is 4.39 Å². The molecule has 0 radical (unpaired) electrons. The van der Waals surface area contributed by atoms with Crippen LogP contribution in [0.15, 0.2) is 60.7 Å². The maximum atomic E-state index is 14.1. The fraction of sp³-hybridized carbons (Fsp3) is 0.444. The molecular formula is C36H43FN2O5. The van der Waals surface area contributed by atoms with Crippen molar-refractivity contribution in [3.05, 3.63) is 88.7 Å². The number of nitrogens with zero attached hydrogens (tertiary/aromatic N) is 2. The Labute approximate surface area is 259 Å². The molecule has 7 nitrogen and oxygen atoms in total. The van der Waals surface area contributed by atoms with E-state index < -0.39 is 11.9 Å². The number of amides is 1. The highest BCUT2D eigenvalue weighted by Crippen LogP contribution is 2.41. The van der Waals surface area contributed by atoms with E-state index in [0.29, 0.717) is 37.4 Å². The number of hydrogen-bond donors (Lipinski definition) is 1. The molecule has 2 aliphatic heterocycles. The van der Waals surface area contributed by atoms with Crippen LogP contribution in [-0.2, 0) is 22.4 Å². The zero-order chi connectivity index (χ0) is 31.2. The number of likely N-dealkylation sites (tertiary alicyclic amines) is 1. The molecule has 0 aliphatic carbocycles. The highest BCUT2D eigenvalue weighted by atomic mass is 19.1. The Hall–Kier alpha value is -3.91. The van der Waals surface area contributed by atoms with Crippen LogP contribution in [0.4, 0.5) is 10.1 Å². The Bertz CT molecular complexity index is 1480. The van der Waals surface area contributed by atoms with Crippen LogP contribution >= 0.6 is 0 Å². The van der Waals surface area contributed by atoms with Gasteiger partial charge in [-0.1, -0.05) is 43.7 Å². The Morgan fingerprint density at radius 3 is 2.68 bits per heavy atom. The minimum Gasteiger partial charge on any atom is -0.496 e. The molecular weight excluding hydrogens is 559 g/mol. The Morgan fingerprint density at radius 2 is 1.93 bits per heavy atom. The second kappa shape index (κ2) is 14.2. The van der Waals surface area contributed by atoms with Crippen LogP contribution in [0.3, 0.4) is 0 Å². The van der Waals surface area contributed by atoms with Gasteiger partial charge in [-0.05, 0) is 85.2 Å². The van der Waals surface area contributed by atoms with Crippen LogP contribution in [0, 0.1) is 18.7 Å². The normalized spacial score (nSPS) is 19.4. The van der Waals surface area contributed by atoms with Crippen LogP contribution in [-0.4, -0.2) is 61.3 Å². The molecule has 1 fully saturated rings. The summed E-state index contributed by atoms with van der Waals surface area (Å²) in [5.74, 6) is -0.511. The second-order valence-corrected chi connectivity index (χ2v) is 12.0. The average molecular weight is 603 g/mol. The summed E-state index contributed by atoms with van der Waals surface area (Å²) < 4.78 is 25.4. The van der Waals surface area contributed by atoms with Gasteiger partial charge in [0.05, 0.1) is 26.2 Å². The third kappa shape index (κ3) is 6.91. The van der Waals surface area contributed by atoms with Crippen molar-refractivity contribution in [2.75, 3.05) is 38.3 Å². The van der Waals surface area contributed by atoms with E-state index >= 15 is 0 Å². The number of fused-ring (bicyclic) bond motifs is 1. The molecule has 3 aromatic rings. The summed E-state index contributed by atoms with van der Waals surface area (Å²) in [7, 11) is 1.66. The summed E-state index contributed by atoms with van der Waals surface area (Å²) in [6.07, 6.45) is 4.64. The van der Waals surface area contributed by atoms with E-state index in [-0.39, 0.29) is 30.2 Å². The van der Waals surface area contributed by atoms with Crippen LogP contribution in [0.25, 0.3) is 0 Å². The monoisotopic (exact) mass is 602 g/mol. The molecule has 0 bridgehead atoms. The lowest BCUT2D eigenvalue weighted by Gasteiger charge is -2.30. The number of ether oxygens (including phenoxy) is 2. The van der Waals surface area contributed by atoms with Gasteiger partial charge < -0.3 is 19.5 Å². The standard InChI is InChI=1S/C36H43FN2O5/c1-4-5-18-39(28-14-15-30(37)24(2)20-28)34(40)23-38-22-29(26-13-16-33-27(21-26)17-19-44-33)35(36(41)42)31(38)11-8-10-25-9-6-7-12-32(25)43-3/h6-7,9,12-16,20-21,29,31,35H,4-5,8,10-11,17-19,22-23H2,1-3H3,(H,41,42)/t29-,31+,35-/m1/s1. The minimum atomic E-state index is -0.846. The summed E-state index contributed by atoms with van der Waals surface area (Å²) in [5, 5.41) is 10.6. The Kier molecular flexibility index (Phi) is 10.2. The number of hydrogen-bond acceptors (Lipinski definition) is 5. The number of benzene rings is 3. The summed E-state index contributed by atoms with van der Waals surface area (Å²) in [6.45, 7) is 5.47. The lowest BCUT2D eigenvalue weighted by atomic mass is 9.83. The van der Waals surface area contributed by atoms with Crippen molar-refractivity contribution in [2.24, 2.45) is 5.92 Å². The van der Waals surface area contributed by atoms with Gasteiger partial charge in [-0.3, -0.25) is 14.5 Å². The van der Waals surface area contributed by atoms with E-state index in [0.717, 1.165) is 60.3 Å². The lowest BCUT2D eigenvalue weighted by Crippen LogP contribution is -2.44. The van der Waals surface area contributed by atoms with Crippen LogP contribution in [0.1, 0.15) is 60.8 Å². The summed E-state index contributed by atoms with van der Waals surface area (Å²) in [6, 6.07) is 18.4. The number of aliphatic carboxylic acids is 1. The number of carbonyl (C=O) groups is 2. The molecule has 0 unspecified atom stereocenters. The molecule has 0 aromatic heterocycles. The van der Waals surface area contributed by atoms with Gasteiger partial charge in [-0.2, -0.15) is 0 Å². The molecule has 1 amide bonds. The number of unbranched alkanes of at least 4 members (excludes halogenated alkanes) is 1. The summed E-state index contributed by atoms with van der Waals surface area (Å²) in [5.41, 5.74) is 4.31. The molecule has 1 saturated heterocycles. The van der Waals surface area contributed by atoms with E-state index in [4.69, 9.17) is 9.47 Å². The zero-order valence-corrected chi connectivity index (χ0v) is 25.9. The third-order valence-electron chi connectivity index (χ3n) is 9.14. The molecule has 234 valence electrons. The van der Waals surface area contributed by atoms with Crippen LogP contribution in [0.5, 0.6) is 11.5 Å². The smallest absolute Gasteiger partial charge is 0.308 e. The number of carbonyl (C=O) groups excluding carboxylic acids is 1. The molecule has 0 spiro atoms.